The van der Waals surface area contributed by atoms with E-state index in [9.17, 15) is 19.5 Å². The first-order chi connectivity index (χ1) is 14.0. The summed E-state index contributed by atoms with van der Waals surface area (Å²) in [7, 11) is 0. The molecule has 1 aliphatic heterocycles. The quantitative estimate of drug-likeness (QED) is 0.716. The molecule has 0 radical (unpaired) electrons. The minimum absolute atomic E-state index is 0.0354. The smallest absolute Gasteiger partial charge is 0.326 e. The summed E-state index contributed by atoms with van der Waals surface area (Å²) in [5, 5.41) is 9.55. The average Bonchev–Trinajstić information content (AvgIpc) is 3.16. The lowest BCUT2D eigenvalue weighted by atomic mass is 10.1. The van der Waals surface area contributed by atoms with Gasteiger partial charge in [0.1, 0.15) is 6.04 Å². The highest BCUT2D eigenvalue weighted by atomic mass is 32.2. The van der Waals surface area contributed by atoms with E-state index in [0.717, 1.165) is 16.7 Å². The second kappa shape index (κ2) is 9.98. The van der Waals surface area contributed by atoms with Crippen LogP contribution in [0.2, 0.25) is 0 Å². The predicted molar refractivity (Wildman–Crippen MR) is 116 cm³/mol. The second-order valence-electron chi connectivity index (χ2n) is 7.00. The van der Waals surface area contributed by atoms with Gasteiger partial charge in [0.05, 0.1) is 0 Å². The first kappa shape index (κ1) is 21.5. The number of rotatable bonds is 7. The Morgan fingerprint density at radius 1 is 1.07 bits per heavy atom. The third-order valence-electron chi connectivity index (χ3n) is 4.77. The molecule has 0 spiro atoms. The van der Waals surface area contributed by atoms with Crippen molar-refractivity contribution < 1.29 is 19.5 Å². The SMILES string of the molecule is C[C@H](CSC(=O)c1ccccc1)C(=O)N1CC(Sc2ccccc2)C[C@H]1C(=O)O. The Morgan fingerprint density at radius 2 is 1.69 bits per heavy atom. The Balaban J connectivity index is 1.59. The summed E-state index contributed by atoms with van der Waals surface area (Å²) in [6.07, 6.45) is 0.420. The van der Waals surface area contributed by atoms with E-state index < -0.39 is 17.9 Å². The number of hydrogen-bond acceptors (Lipinski definition) is 5. The molecule has 5 nitrogen and oxygen atoms in total. The number of amides is 1. The number of carbonyl (C=O) groups excluding carboxylic acids is 2. The van der Waals surface area contributed by atoms with Crippen LogP contribution in [0.3, 0.4) is 0 Å². The van der Waals surface area contributed by atoms with E-state index in [1.54, 1.807) is 43.0 Å². The van der Waals surface area contributed by atoms with Crippen LogP contribution in [-0.4, -0.2) is 50.6 Å². The highest BCUT2D eigenvalue weighted by molar-refractivity contribution is 8.14. The monoisotopic (exact) mass is 429 g/mol. The third kappa shape index (κ3) is 5.64. The largest absolute Gasteiger partial charge is 0.480 e. The van der Waals surface area contributed by atoms with Crippen LogP contribution < -0.4 is 0 Å². The van der Waals surface area contributed by atoms with Crippen molar-refractivity contribution in [3.8, 4) is 0 Å². The van der Waals surface area contributed by atoms with Gasteiger partial charge in [-0.15, -0.1) is 11.8 Å². The number of carboxylic acids is 1. The summed E-state index contributed by atoms with van der Waals surface area (Å²) in [6.45, 7) is 2.15. The van der Waals surface area contributed by atoms with Crippen LogP contribution in [-0.2, 0) is 9.59 Å². The van der Waals surface area contributed by atoms with Gasteiger partial charge >= 0.3 is 5.97 Å². The lowest BCUT2D eigenvalue weighted by Crippen LogP contribution is -2.43. The first-order valence-electron chi connectivity index (χ1n) is 9.43. The molecular formula is C22H23NO4S2. The fraction of sp³-hybridized carbons (Fsp3) is 0.318. The minimum atomic E-state index is -0.977. The Labute approximate surface area is 178 Å². The molecule has 0 bridgehead atoms. The average molecular weight is 430 g/mol. The number of carboxylic acid groups (broad SMARTS) is 1. The molecule has 152 valence electrons. The second-order valence-corrected chi connectivity index (χ2v) is 9.37. The maximum Gasteiger partial charge on any atom is 0.326 e. The van der Waals surface area contributed by atoms with Crippen molar-refractivity contribution in [2.75, 3.05) is 12.3 Å². The molecule has 0 aliphatic carbocycles. The molecule has 7 heteroatoms. The number of nitrogens with zero attached hydrogens (tertiary/aromatic N) is 1. The highest BCUT2D eigenvalue weighted by Gasteiger charge is 2.41. The zero-order valence-corrected chi connectivity index (χ0v) is 17.7. The van der Waals surface area contributed by atoms with Crippen molar-refractivity contribution >= 4 is 40.5 Å². The van der Waals surface area contributed by atoms with E-state index in [1.165, 1.54) is 4.90 Å². The minimum Gasteiger partial charge on any atom is -0.480 e. The Hall–Kier alpha value is -2.25. The molecule has 3 atom stereocenters. The molecular weight excluding hydrogens is 406 g/mol. The molecule has 0 saturated carbocycles. The fourth-order valence-electron chi connectivity index (χ4n) is 3.26. The molecule has 2 aromatic carbocycles. The lowest BCUT2D eigenvalue weighted by molar-refractivity contribution is -0.149. The number of carbonyl (C=O) groups is 3. The van der Waals surface area contributed by atoms with E-state index >= 15 is 0 Å². The molecule has 1 N–H and O–H groups in total. The number of hydrogen-bond donors (Lipinski definition) is 1. The van der Waals surface area contributed by atoms with Crippen molar-refractivity contribution in [2.45, 2.75) is 29.5 Å². The van der Waals surface area contributed by atoms with Crippen LogP contribution in [0, 0.1) is 5.92 Å². The Bertz CT molecular complexity index is 860. The van der Waals surface area contributed by atoms with Gasteiger partial charge in [-0.25, -0.2) is 4.79 Å². The maximum atomic E-state index is 12.9. The molecule has 29 heavy (non-hydrogen) atoms. The van der Waals surface area contributed by atoms with Gasteiger partial charge in [-0.05, 0) is 18.6 Å². The standard InChI is InChI=1S/C22H23NO4S2/c1-15(14-28-22(27)16-8-4-2-5-9-16)20(24)23-13-18(12-19(23)21(25)26)29-17-10-6-3-7-11-17/h2-11,15,18-19H,12-14H2,1H3,(H,25,26)/t15-,18?,19+/m1/s1. The van der Waals surface area contributed by atoms with E-state index in [2.05, 4.69) is 0 Å². The van der Waals surface area contributed by atoms with Crippen LogP contribution in [0.5, 0.6) is 0 Å². The molecule has 1 unspecified atom stereocenters. The fourth-order valence-corrected chi connectivity index (χ4v) is 5.32. The molecule has 1 saturated heterocycles. The number of likely N-dealkylation sites (tertiary alicyclic amines) is 1. The normalized spacial score (nSPS) is 19.7. The predicted octanol–water partition coefficient (Wildman–Crippen LogP) is 4.04. The Kier molecular flexibility index (Phi) is 7.39. The van der Waals surface area contributed by atoms with Gasteiger partial charge in [0.25, 0.3) is 0 Å². The van der Waals surface area contributed by atoms with Crippen molar-refractivity contribution in [3.05, 3.63) is 66.2 Å². The van der Waals surface area contributed by atoms with Crippen molar-refractivity contribution in [2.24, 2.45) is 5.92 Å². The van der Waals surface area contributed by atoms with E-state index in [-0.39, 0.29) is 16.3 Å². The van der Waals surface area contributed by atoms with Gasteiger partial charge in [0.15, 0.2) is 0 Å². The van der Waals surface area contributed by atoms with Crippen molar-refractivity contribution in [1.82, 2.24) is 4.90 Å². The molecule has 1 fully saturated rings. The lowest BCUT2D eigenvalue weighted by Gasteiger charge is -2.24. The molecule has 1 amide bonds. The number of aliphatic carboxylic acids is 1. The summed E-state index contributed by atoms with van der Waals surface area (Å²) in [5.41, 5.74) is 0.598. The number of thioether (sulfide) groups is 2. The van der Waals surface area contributed by atoms with Crippen LogP contribution in [0.15, 0.2) is 65.6 Å². The molecule has 3 rings (SSSR count). The van der Waals surface area contributed by atoms with Crippen LogP contribution in [0.1, 0.15) is 23.7 Å². The van der Waals surface area contributed by atoms with Gasteiger partial charge in [-0.2, -0.15) is 0 Å². The van der Waals surface area contributed by atoms with Gasteiger partial charge in [-0.3, -0.25) is 9.59 Å². The van der Waals surface area contributed by atoms with Crippen LogP contribution in [0.25, 0.3) is 0 Å². The summed E-state index contributed by atoms with van der Waals surface area (Å²) in [4.78, 5) is 39.5. The topological polar surface area (TPSA) is 74.7 Å². The Morgan fingerprint density at radius 3 is 2.31 bits per heavy atom. The van der Waals surface area contributed by atoms with Crippen LogP contribution in [0.4, 0.5) is 0 Å². The van der Waals surface area contributed by atoms with Crippen molar-refractivity contribution in [3.63, 3.8) is 0 Å². The summed E-state index contributed by atoms with van der Waals surface area (Å²) in [6, 6.07) is 17.9. The zero-order valence-electron chi connectivity index (χ0n) is 16.1. The molecule has 2 aromatic rings. The molecule has 0 aromatic heterocycles. The van der Waals surface area contributed by atoms with Crippen LogP contribution >= 0.6 is 23.5 Å². The van der Waals surface area contributed by atoms with Gasteiger partial charge in [0.2, 0.25) is 11.0 Å². The van der Waals surface area contributed by atoms with Crippen molar-refractivity contribution in [1.29, 1.82) is 0 Å². The third-order valence-corrected chi connectivity index (χ3v) is 7.16. The summed E-state index contributed by atoms with van der Waals surface area (Å²) >= 11 is 2.70. The van der Waals surface area contributed by atoms with Gasteiger partial charge < -0.3 is 10.0 Å². The number of benzene rings is 2. The molecule has 1 heterocycles. The van der Waals surface area contributed by atoms with Gasteiger partial charge in [-0.1, -0.05) is 67.2 Å². The summed E-state index contributed by atoms with van der Waals surface area (Å²) < 4.78 is 0. The summed E-state index contributed by atoms with van der Waals surface area (Å²) in [5.74, 6) is -1.29. The van der Waals surface area contributed by atoms with E-state index in [4.69, 9.17) is 0 Å². The first-order valence-corrected chi connectivity index (χ1v) is 11.3. The zero-order chi connectivity index (χ0) is 20.8. The maximum absolute atomic E-state index is 12.9. The highest BCUT2D eigenvalue weighted by Crippen LogP contribution is 2.34. The van der Waals surface area contributed by atoms with E-state index in [1.807, 2.05) is 36.4 Å². The van der Waals surface area contributed by atoms with Gasteiger partial charge in [0, 0.05) is 33.9 Å². The molecule has 1 aliphatic rings. The van der Waals surface area contributed by atoms with E-state index in [0.29, 0.717) is 24.3 Å².